The monoisotopic (exact) mass is 1180 g/mol. The van der Waals surface area contributed by atoms with E-state index in [1.54, 1.807) is 0 Å². The molecule has 0 atom stereocenters. The molecule has 2 heteroatoms. The lowest BCUT2D eigenvalue weighted by molar-refractivity contribution is -0.0523. The normalized spacial score (nSPS) is 19.2. The van der Waals surface area contributed by atoms with Gasteiger partial charge in [-0.3, -0.25) is 0 Å². The maximum Gasteiger partial charge on any atom is 0.139 e. The minimum Gasteiger partial charge on any atom is -0.126 e. The smallest absolute Gasteiger partial charge is 0.126 e. The standard InChI is InChI=1S/C86H92Si2/c1-57(2)50-87(51-58(3)4,52-59(5)6)35-31-75-81-42-69-25-17-13-21-65(69)38-77(81)73(78-39-66-22-14-18-26-70(66)43-82(75)78)29-33-85-46-63-37-64(47-85)49-86(48-63,56-85)34-30-74-79-40-67-23-15-19-27-71(67)44-83(79)76(84-45-72-28-20-16-24-68(72)41-80(74)84)32-36-88(53-60(7)8,54-61(9)10)55-62(11)12/h13-28,38-45,57-64H,37,46-56H2,1-12H3. The number of benzene rings is 10. The molecular formula is C86H92Si2. The highest BCUT2D eigenvalue weighted by molar-refractivity contribution is 6.88. The third kappa shape index (κ3) is 11.9. The quantitative estimate of drug-likeness (QED) is 0.0650. The Morgan fingerprint density at radius 2 is 0.523 bits per heavy atom. The molecule has 4 fully saturated rings. The molecule has 444 valence electrons. The number of rotatable bonds is 12. The Morgan fingerprint density at radius 3 is 0.727 bits per heavy atom. The Kier molecular flexibility index (Phi) is 16.1. The lowest BCUT2D eigenvalue weighted by Gasteiger charge is -2.58. The lowest BCUT2D eigenvalue weighted by Crippen LogP contribution is -2.50. The zero-order valence-electron chi connectivity index (χ0n) is 55.0. The molecule has 0 spiro atoms. The predicted octanol–water partition coefficient (Wildman–Crippen LogP) is 23.5. The van der Waals surface area contributed by atoms with E-state index in [-0.39, 0.29) is 10.8 Å². The average molecular weight is 1180 g/mol. The van der Waals surface area contributed by atoms with Crippen molar-refractivity contribution in [2.75, 3.05) is 0 Å². The van der Waals surface area contributed by atoms with E-state index in [2.05, 4.69) is 275 Å². The second-order valence-electron chi connectivity index (χ2n) is 31.1. The largest absolute Gasteiger partial charge is 0.139 e. The first-order valence-electron chi connectivity index (χ1n) is 34.0. The Hall–Kier alpha value is -7.05. The molecule has 0 unspecified atom stereocenters. The van der Waals surface area contributed by atoms with Crippen LogP contribution >= 0.6 is 0 Å². The van der Waals surface area contributed by atoms with Crippen LogP contribution < -0.4 is 0 Å². The number of fused-ring (bicyclic) bond motifs is 8. The van der Waals surface area contributed by atoms with Crippen molar-refractivity contribution in [3.05, 3.63) is 168 Å². The summed E-state index contributed by atoms with van der Waals surface area (Å²) in [7, 11) is -4.07. The van der Waals surface area contributed by atoms with E-state index in [1.165, 1.54) is 140 Å². The van der Waals surface area contributed by atoms with Crippen molar-refractivity contribution < 1.29 is 0 Å². The Balaban J connectivity index is 0.999. The van der Waals surface area contributed by atoms with E-state index in [4.69, 9.17) is 0 Å². The molecule has 0 aromatic heterocycles. The molecule has 4 saturated carbocycles. The molecule has 4 aliphatic carbocycles. The van der Waals surface area contributed by atoms with Gasteiger partial charge in [0.1, 0.15) is 16.1 Å². The van der Waals surface area contributed by atoms with Crippen LogP contribution in [0.25, 0.3) is 86.2 Å². The second kappa shape index (κ2) is 23.7. The molecular weight excluding hydrogens is 1090 g/mol. The molecule has 0 N–H and O–H groups in total. The summed E-state index contributed by atoms with van der Waals surface area (Å²) in [5, 5.41) is 20.0. The van der Waals surface area contributed by atoms with Crippen molar-refractivity contribution in [2.45, 2.75) is 158 Å². The van der Waals surface area contributed by atoms with Crippen LogP contribution in [0.4, 0.5) is 0 Å². The van der Waals surface area contributed by atoms with Crippen molar-refractivity contribution in [3.8, 4) is 46.6 Å². The number of hydrogen-bond acceptors (Lipinski definition) is 0. The van der Waals surface area contributed by atoms with Crippen LogP contribution in [0.1, 0.15) is 144 Å². The van der Waals surface area contributed by atoms with Crippen LogP contribution in [0.5, 0.6) is 0 Å². The molecule has 14 rings (SSSR count). The van der Waals surface area contributed by atoms with Crippen LogP contribution in [-0.2, 0) is 0 Å². The molecule has 0 radical (unpaired) electrons. The molecule has 0 heterocycles. The summed E-state index contributed by atoms with van der Waals surface area (Å²) in [5.41, 5.74) is 13.0. The Bertz CT molecular complexity index is 4110. The maximum absolute atomic E-state index is 4.30. The van der Waals surface area contributed by atoms with Crippen molar-refractivity contribution in [3.63, 3.8) is 0 Å². The summed E-state index contributed by atoms with van der Waals surface area (Å²) in [5.74, 6) is 30.1. The minimum absolute atomic E-state index is 0.117. The summed E-state index contributed by atoms with van der Waals surface area (Å²) < 4.78 is 0. The topological polar surface area (TPSA) is 0 Å². The van der Waals surface area contributed by atoms with E-state index >= 15 is 0 Å². The predicted molar refractivity (Wildman–Crippen MR) is 389 cm³/mol. The van der Waals surface area contributed by atoms with Crippen LogP contribution in [0, 0.1) is 105 Å². The van der Waals surface area contributed by atoms with Crippen molar-refractivity contribution in [1.29, 1.82) is 0 Å². The fourth-order valence-corrected chi connectivity index (χ4v) is 30.3. The highest BCUT2D eigenvalue weighted by Gasteiger charge is 2.57. The van der Waals surface area contributed by atoms with Gasteiger partial charge < -0.3 is 0 Å². The molecule has 0 aliphatic heterocycles. The van der Waals surface area contributed by atoms with E-state index < -0.39 is 16.1 Å². The van der Waals surface area contributed by atoms with Gasteiger partial charge in [0.2, 0.25) is 0 Å². The third-order valence-electron chi connectivity index (χ3n) is 20.4. The van der Waals surface area contributed by atoms with E-state index in [0.717, 1.165) is 43.2 Å². The molecule has 10 aromatic carbocycles. The first kappa shape index (κ1) is 59.9. The van der Waals surface area contributed by atoms with Gasteiger partial charge in [-0.2, -0.15) is 0 Å². The van der Waals surface area contributed by atoms with E-state index in [1.807, 2.05) is 0 Å². The molecule has 0 nitrogen and oxygen atoms in total. The summed E-state index contributed by atoms with van der Waals surface area (Å²) in [4.78, 5) is 0. The fourth-order valence-electron chi connectivity index (χ4n) is 18.6. The van der Waals surface area contributed by atoms with Gasteiger partial charge in [-0.25, -0.2) is 0 Å². The van der Waals surface area contributed by atoms with Crippen LogP contribution in [0.2, 0.25) is 36.3 Å². The fraction of sp³-hybridized carbons (Fsp3) is 0.395. The van der Waals surface area contributed by atoms with Crippen molar-refractivity contribution in [2.24, 2.45) is 58.2 Å². The maximum atomic E-state index is 4.30. The first-order valence-corrected chi connectivity index (χ1v) is 39.2. The number of hydrogen-bond donors (Lipinski definition) is 0. The molecule has 0 amide bonds. The summed E-state index contributed by atoms with van der Waals surface area (Å²) in [6.07, 6.45) is 6.95. The van der Waals surface area contributed by atoms with Crippen LogP contribution in [0.15, 0.2) is 146 Å². The molecule has 4 bridgehead atoms. The molecule has 10 aromatic rings. The zero-order chi connectivity index (χ0) is 61.3. The first-order chi connectivity index (χ1) is 42.2. The molecule has 4 aliphatic rings. The molecule has 0 saturated heterocycles. The highest BCUT2D eigenvalue weighted by atomic mass is 28.3. The SMILES string of the molecule is CC(C)C[Si](C#Cc1c2cc3ccccc3cc2c(C#CC23CC4CC(C2)CC(C#Cc2c5cc6ccccc6cc5c(C#C[Si](CC(C)C)(CC(C)C)CC(C)C)c5cc6ccccc6cc25)(C4)C3)c2cc3ccccc3cc12)(CC(C)C)CC(C)C. The second-order valence-corrected chi connectivity index (χ2v) is 39.2. The van der Waals surface area contributed by atoms with Gasteiger partial charge in [0, 0.05) is 33.1 Å². The van der Waals surface area contributed by atoms with Gasteiger partial charge >= 0.3 is 0 Å². The van der Waals surface area contributed by atoms with Gasteiger partial charge in [-0.1, -0.05) is 216 Å². The minimum atomic E-state index is -2.03. The van der Waals surface area contributed by atoms with Gasteiger partial charge in [-0.15, -0.1) is 11.1 Å². The van der Waals surface area contributed by atoms with E-state index in [9.17, 15) is 0 Å². The Morgan fingerprint density at radius 1 is 0.318 bits per heavy atom. The lowest BCUT2D eigenvalue weighted by atomic mass is 9.44. The molecule has 88 heavy (non-hydrogen) atoms. The van der Waals surface area contributed by atoms with E-state index in [0.29, 0.717) is 47.3 Å². The third-order valence-corrected chi connectivity index (χ3v) is 31.3. The van der Waals surface area contributed by atoms with Crippen molar-refractivity contribution >= 4 is 102 Å². The van der Waals surface area contributed by atoms with Crippen molar-refractivity contribution in [1.82, 2.24) is 0 Å². The van der Waals surface area contributed by atoms with Gasteiger partial charge in [0.15, 0.2) is 0 Å². The van der Waals surface area contributed by atoms with Crippen LogP contribution in [0.3, 0.4) is 0 Å². The van der Waals surface area contributed by atoms with Gasteiger partial charge in [0.05, 0.1) is 0 Å². The van der Waals surface area contributed by atoms with Gasteiger partial charge in [-0.05, 0) is 257 Å². The average Bonchev–Trinajstić information content (AvgIpc) is 0.930. The summed E-state index contributed by atoms with van der Waals surface area (Å²) in [6.45, 7) is 29.0. The highest BCUT2D eigenvalue weighted by Crippen LogP contribution is 2.65. The summed E-state index contributed by atoms with van der Waals surface area (Å²) >= 11 is 0. The zero-order valence-corrected chi connectivity index (χ0v) is 57.0. The Labute approximate surface area is 529 Å². The van der Waals surface area contributed by atoms with Crippen LogP contribution in [-0.4, -0.2) is 16.1 Å². The summed E-state index contributed by atoms with van der Waals surface area (Å²) in [6, 6.07) is 62.9. The van der Waals surface area contributed by atoms with Gasteiger partial charge in [0.25, 0.3) is 0 Å².